The van der Waals surface area contributed by atoms with E-state index in [9.17, 15) is 14.7 Å². The molecule has 0 radical (unpaired) electrons. The molecule has 5 nitrogen and oxygen atoms in total. The number of phenolic OH excluding ortho intramolecular Hbond substituents is 1. The van der Waals surface area contributed by atoms with E-state index < -0.39 is 0 Å². The van der Waals surface area contributed by atoms with Crippen LogP contribution in [-0.2, 0) is 4.79 Å². The Morgan fingerprint density at radius 1 is 1.05 bits per heavy atom. The summed E-state index contributed by atoms with van der Waals surface area (Å²) in [7, 11) is 3.47. The van der Waals surface area contributed by atoms with Gasteiger partial charge in [0, 0.05) is 39.2 Å². The first kappa shape index (κ1) is 17.0. The third-order valence-corrected chi connectivity index (χ3v) is 3.40. The highest BCUT2D eigenvalue weighted by molar-refractivity contribution is 5.94. The minimum atomic E-state index is -0.121. The number of benzene rings is 1. The summed E-state index contributed by atoms with van der Waals surface area (Å²) in [5, 5.41) is 9.22. The van der Waals surface area contributed by atoms with Crippen LogP contribution >= 0.6 is 0 Å². The molecule has 0 aromatic heterocycles. The maximum Gasteiger partial charge on any atom is 0.253 e. The minimum absolute atomic E-state index is 0.113. The van der Waals surface area contributed by atoms with Gasteiger partial charge in [0.2, 0.25) is 5.91 Å². The lowest BCUT2D eigenvalue weighted by Gasteiger charge is -2.22. The number of hydrogen-bond acceptors (Lipinski definition) is 3. The molecule has 1 rings (SSSR count). The van der Waals surface area contributed by atoms with Gasteiger partial charge in [-0.25, -0.2) is 0 Å². The molecule has 0 saturated heterocycles. The highest BCUT2D eigenvalue weighted by atomic mass is 16.3. The van der Waals surface area contributed by atoms with E-state index >= 15 is 0 Å². The van der Waals surface area contributed by atoms with Crippen molar-refractivity contribution in [2.75, 3.05) is 27.2 Å². The number of hydrogen-bond donors (Lipinski definition) is 1. The van der Waals surface area contributed by atoms with Crippen LogP contribution in [0.2, 0.25) is 0 Å². The first-order chi connectivity index (χ1) is 9.95. The molecule has 0 aliphatic carbocycles. The summed E-state index contributed by atoms with van der Waals surface area (Å²) >= 11 is 0. The molecule has 116 valence electrons. The second-order valence-corrected chi connectivity index (χ2v) is 5.19. The zero-order valence-electron chi connectivity index (χ0n) is 13.0. The predicted octanol–water partition coefficient (Wildman–Crippen LogP) is 2.11. The molecule has 1 aromatic carbocycles. The number of likely N-dealkylation sites (N-methyl/N-ethyl adjacent to an activating group) is 2. The number of rotatable bonds is 7. The van der Waals surface area contributed by atoms with Gasteiger partial charge in [-0.1, -0.05) is 13.3 Å². The lowest BCUT2D eigenvalue weighted by Crippen LogP contribution is -2.37. The van der Waals surface area contributed by atoms with Gasteiger partial charge in [-0.3, -0.25) is 9.59 Å². The van der Waals surface area contributed by atoms with Crippen LogP contribution in [-0.4, -0.2) is 53.9 Å². The number of phenols is 1. The summed E-state index contributed by atoms with van der Waals surface area (Å²) in [5.74, 6) is 0.127. The van der Waals surface area contributed by atoms with Crippen LogP contribution in [0.25, 0.3) is 0 Å². The molecule has 0 aliphatic heterocycles. The van der Waals surface area contributed by atoms with E-state index in [4.69, 9.17) is 0 Å². The SMILES string of the molecule is CCCCC(=O)N(C)CCN(C)C(=O)c1ccc(O)cc1. The van der Waals surface area contributed by atoms with Crippen molar-refractivity contribution in [3.05, 3.63) is 29.8 Å². The average Bonchev–Trinajstić information content (AvgIpc) is 2.49. The van der Waals surface area contributed by atoms with Gasteiger partial charge in [0.05, 0.1) is 0 Å². The lowest BCUT2D eigenvalue weighted by molar-refractivity contribution is -0.130. The maximum absolute atomic E-state index is 12.2. The van der Waals surface area contributed by atoms with Crippen molar-refractivity contribution in [2.45, 2.75) is 26.2 Å². The van der Waals surface area contributed by atoms with Crippen molar-refractivity contribution in [3.63, 3.8) is 0 Å². The van der Waals surface area contributed by atoms with Gasteiger partial charge in [0.25, 0.3) is 5.91 Å². The van der Waals surface area contributed by atoms with Gasteiger partial charge in [-0.15, -0.1) is 0 Å². The fourth-order valence-corrected chi connectivity index (χ4v) is 1.87. The molecule has 0 heterocycles. The lowest BCUT2D eigenvalue weighted by atomic mass is 10.2. The molecule has 0 aliphatic rings. The normalized spacial score (nSPS) is 10.2. The van der Waals surface area contributed by atoms with E-state index in [1.54, 1.807) is 36.0 Å². The first-order valence-electron chi connectivity index (χ1n) is 7.24. The smallest absolute Gasteiger partial charge is 0.253 e. The van der Waals surface area contributed by atoms with Crippen LogP contribution in [0.3, 0.4) is 0 Å². The Hall–Kier alpha value is -2.04. The van der Waals surface area contributed by atoms with Crippen molar-refractivity contribution < 1.29 is 14.7 Å². The second kappa shape index (κ2) is 8.29. The first-order valence-corrected chi connectivity index (χ1v) is 7.24. The number of carbonyl (C=O) groups excluding carboxylic acids is 2. The quantitative estimate of drug-likeness (QED) is 0.837. The minimum Gasteiger partial charge on any atom is -0.508 e. The Morgan fingerprint density at radius 2 is 1.62 bits per heavy atom. The summed E-state index contributed by atoms with van der Waals surface area (Å²) in [4.78, 5) is 27.2. The van der Waals surface area contributed by atoms with E-state index in [-0.39, 0.29) is 17.6 Å². The van der Waals surface area contributed by atoms with Gasteiger partial charge < -0.3 is 14.9 Å². The van der Waals surface area contributed by atoms with Gasteiger partial charge in [-0.05, 0) is 30.7 Å². The Morgan fingerprint density at radius 3 is 2.19 bits per heavy atom. The summed E-state index contributed by atoms with van der Waals surface area (Å²) in [6.07, 6.45) is 2.45. The molecule has 0 atom stereocenters. The Bertz CT molecular complexity index is 471. The van der Waals surface area contributed by atoms with Crippen LogP contribution in [0.15, 0.2) is 24.3 Å². The van der Waals surface area contributed by atoms with Crippen molar-refractivity contribution in [3.8, 4) is 5.75 Å². The summed E-state index contributed by atoms with van der Waals surface area (Å²) in [6, 6.07) is 6.15. The largest absolute Gasteiger partial charge is 0.508 e. The molecule has 0 bridgehead atoms. The Kier molecular flexibility index (Phi) is 6.72. The van der Waals surface area contributed by atoms with E-state index in [1.165, 1.54) is 12.1 Å². The van der Waals surface area contributed by atoms with E-state index in [2.05, 4.69) is 6.92 Å². The average molecular weight is 292 g/mol. The number of carbonyl (C=O) groups is 2. The number of nitrogens with zero attached hydrogens (tertiary/aromatic N) is 2. The Balaban J connectivity index is 2.45. The number of amides is 2. The van der Waals surface area contributed by atoms with Crippen LogP contribution in [0.4, 0.5) is 0 Å². The molecule has 5 heteroatoms. The zero-order valence-corrected chi connectivity index (χ0v) is 13.0. The highest BCUT2D eigenvalue weighted by Gasteiger charge is 2.14. The third kappa shape index (κ3) is 5.45. The second-order valence-electron chi connectivity index (χ2n) is 5.19. The van der Waals surface area contributed by atoms with E-state index in [0.717, 1.165) is 12.8 Å². The van der Waals surface area contributed by atoms with Crippen LogP contribution in [0.5, 0.6) is 5.75 Å². The van der Waals surface area contributed by atoms with Gasteiger partial charge in [0.15, 0.2) is 0 Å². The molecule has 0 spiro atoms. The highest BCUT2D eigenvalue weighted by Crippen LogP contribution is 2.11. The molecule has 2 amide bonds. The molecule has 1 aromatic rings. The van der Waals surface area contributed by atoms with Crippen molar-refractivity contribution in [1.82, 2.24) is 9.80 Å². The molecule has 21 heavy (non-hydrogen) atoms. The fraction of sp³-hybridized carbons (Fsp3) is 0.500. The zero-order chi connectivity index (χ0) is 15.8. The van der Waals surface area contributed by atoms with Gasteiger partial charge >= 0.3 is 0 Å². The summed E-state index contributed by atoms with van der Waals surface area (Å²) in [6.45, 7) is 3.05. The third-order valence-electron chi connectivity index (χ3n) is 3.40. The Labute approximate surface area is 126 Å². The van der Waals surface area contributed by atoms with Crippen LogP contribution < -0.4 is 0 Å². The molecule has 0 saturated carbocycles. The number of aromatic hydroxyl groups is 1. The molecular formula is C16H24N2O3. The van der Waals surface area contributed by atoms with Gasteiger partial charge in [-0.2, -0.15) is 0 Å². The fourth-order valence-electron chi connectivity index (χ4n) is 1.87. The maximum atomic E-state index is 12.2. The van der Waals surface area contributed by atoms with Crippen molar-refractivity contribution in [2.24, 2.45) is 0 Å². The monoisotopic (exact) mass is 292 g/mol. The van der Waals surface area contributed by atoms with Crippen LogP contribution in [0.1, 0.15) is 36.5 Å². The molecule has 1 N–H and O–H groups in total. The van der Waals surface area contributed by atoms with E-state index in [1.807, 2.05) is 0 Å². The topological polar surface area (TPSA) is 60.9 Å². The molecule has 0 fully saturated rings. The molecular weight excluding hydrogens is 268 g/mol. The van der Waals surface area contributed by atoms with Crippen molar-refractivity contribution in [1.29, 1.82) is 0 Å². The summed E-state index contributed by atoms with van der Waals surface area (Å²) in [5.41, 5.74) is 0.523. The predicted molar refractivity (Wildman–Crippen MR) is 82.2 cm³/mol. The molecule has 0 unspecified atom stereocenters. The van der Waals surface area contributed by atoms with Gasteiger partial charge in [0.1, 0.15) is 5.75 Å². The summed E-state index contributed by atoms with van der Waals surface area (Å²) < 4.78 is 0. The van der Waals surface area contributed by atoms with Crippen molar-refractivity contribution >= 4 is 11.8 Å². The van der Waals surface area contributed by atoms with Crippen LogP contribution in [0, 0.1) is 0 Å². The number of unbranched alkanes of at least 4 members (excludes halogenated alkanes) is 1. The standard InChI is InChI=1S/C16H24N2O3/c1-4-5-6-15(20)17(2)11-12-18(3)16(21)13-7-9-14(19)10-8-13/h7-10,19H,4-6,11-12H2,1-3H3. The van der Waals surface area contributed by atoms with E-state index in [0.29, 0.717) is 25.1 Å².